The highest BCUT2D eigenvalue weighted by atomic mass is 35.5. The number of halogens is 4. The van der Waals surface area contributed by atoms with Gasteiger partial charge in [0.15, 0.2) is 5.65 Å². The fourth-order valence-corrected chi connectivity index (χ4v) is 4.14. The Morgan fingerprint density at radius 3 is 2.66 bits per heavy atom. The molecule has 1 aromatic carbocycles. The Kier molecular flexibility index (Phi) is 6.93. The lowest BCUT2D eigenvalue weighted by Crippen LogP contribution is -2.28. The van der Waals surface area contributed by atoms with Gasteiger partial charge in [0.25, 0.3) is 0 Å². The second-order valence-electron chi connectivity index (χ2n) is 7.93. The van der Waals surface area contributed by atoms with Crippen LogP contribution in [0.2, 0.25) is 5.02 Å². The van der Waals surface area contributed by atoms with E-state index in [9.17, 15) is 13.2 Å². The van der Waals surface area contributed by atoms with Crippen LogP contribution in [0.15, 0.2) is 36.5 Å². The number of rotatable bonds is 6. The lowest BCUT2D eigenvalue weighted by atomic mass is 10.1. The van der Waals surface area contributed by atoms with Crippen LogP contribution in [0.4, 0.5) is 13.2 Å². The highest BCUT2D eigenvalue weighted by molar-refractivity contribution is 6.33. The number of pyridine rings is 1. The van der Waals surface area contributed by atoms with Gasteiger partial charge in [-0.05, 0) is 56.3 Å². The SMILES string of the molecule is CCCOc1ccc(-c2nc3c(Cl)cc(C(F)(F)F)cn3c2CN2CCCNCC2)cc1. The summed E-state index contributed by atoms with van der Waals surface area (Å²) in [6, 6.07) is 8.43. The van der Waals surface area contributed by atoms with Crippen molar-refractivity contribution in [1.82, 2.24) is 19.6 Å². The van der Waals surface area contributed by atoms with Gasteiger partial charge in [0, 0.05) is 31.4 Å². The Morgan fingerprint density at radius 2 is 1.94 bits per heavy atom. The summed E-state index contributed by atoms with van der Waals surface area (Å²) >= 11 is 6.27. The molecule has 3 aromatic rings. The highest BCUT2D eigenvalue weighted by Gasteiger charge is 2.32. The quantitative estimate of drug-likeness (QED) is 0.538. The molecular formula is C23H26ClF3N4O. The van der Waals surface area contributed by atoms with Crippen LogP contribution < -0.4 is 10.1 Å². The van der Waals surface area contributed by atoms with E-state index in [-0.39, 0.29) is 5.02 Å². The van der Waals surface area contributed by atoms with Crippen LogP contribution in [0.3, 0.4) is 0 Å². The first-order chi connectivity index (χ1) is 15.4. The number of hydrogen-bond donors (Lipinski definition) is 1. The molecule has 1 saturated heterocycles. The maximum absolute atomic E-state index is 13.5. The number of alkyl halides is 3. The van der Waals surface area contributed by atoms with E-state index >= 15 is 0 Å². The fourth-order valence-electron chi connectivity index (χ4n) is 3.89. The Labute approximate surface area is 190 Å². The van der Waals surface area contributed by atoms with E-state index in [0.29, 0.717) is 30.2 Å². The van der Waals surface area contributed by atoms with Gasteiger partial charge in [-0.3, -0.25) is 4.90 Å². The number of imidazole rings is 1. The molecule has 32 heavy (non-hydrogen) atoms. The van der Waals surface area contributed by atoms with Crippen LogP contribution in [-0.2, 0) is 12.7 Å². The van der Waals surface area contributed by atoms with Crippen LogP contribution in [0.1, 0.15) is 31.0 Å². The topological polar surface area (TPSA) is 41.8 Å². The molecule has 4 rings (SSSR count). The van der Waals surface area contributed by atoms with Gasteiger partial charge in [0.05, 0.1) is 28.6 Å². The summed E-state index contributed by atoms with van der Waals surface area (Å²) in [5.74, 6) is 0.747. The molecule has 0 saturated carbocycles. The van der Waals surface area contributed by atoms with E-state index in [1.807, 2.05) is 31.2 Å². The first kappa shape index (κ1) is 22.9. The zero-order valence-corrected chi connectivity index (χ0v) is 18.6. The first-order valence-corrected chi connectivity index (χ1v) is 11.2. The molecule has 1 aliphatic heterocycles. The normalized spacial score (nSPS) is 15.8. The van der Waals surface area contributed by atoms with Gasteiger partial charge in [-0.2, -0.15) is 13.2 Å². The number of aromatic nitrogens is 2. The molecule has 0 unspecified atom stereocenters. The van der Waals surface area contributed by atoms with E-state index < -0.39 is 11.7 Å². The predicted octanol–water partition coefficient (Wildman–Crippen LogP) is 5.26. The number of benzene rings is 1. The monoisotopic (exact) mass is 466 g/mol. The van der Waals surface area contributed by atoms with E-state index in [0.717, 1.165) is 62.6 Å². The van der Waals surface area contributed by atoms with Crippen molar-refractivity contribution in [2.24, 2.45) is 0 Å². The molecule has 0 spiro atoms. The van der Waals surface area contributed by atoms with Crippen molar-refractivity contribution >= 4 is 17.2 Å². The minimum absolute atomic E-state index is 0.0206. The fraction of sp³-hybridized carbons (Fsp3) is 0.435. The minimum atomic E-state index is -4.50. The van der Waals surface area contributed by atoms with Gasteiger partial charge in [-0.25, -0.2) is 4.98 Å². The predicted molar refractivity (Wildman–Crippen MR) is 119 cm³/mol. The van der Waals surface area contributed by atoms with Gasteiger partial charge >= 0.3 is 6.18 Å². The molecule has 0 bridgehead atoms. The molecular weight excluding hydrogens is 441 g/mol. The Bertz CT molecular complexity index is 1060. The van der Waals surface area contributed by atoms with Crippen molar-refractivity contribution in [1.29, 1.82) is 0 Å². The number of nitrogens with one attached hydrogen (secondary N) is 1. The highest BCUT2D eigenvalue weighted by Crippen LogP contribution is 2.35. The minimum Gasteiger partial charge on any atom is -0.494 e. The van der Waals surface area contributed by atoms with Crippen molar-refractivity contribution in [2.45, 2.75) is 32.5 Å². The van der Waals surface area contributed by atoms with E-state index in [1.165, 1.54) is 4.40 Å². The average molecular weight is 467 g/mol. The number of nitrogens with zero attached hydrogens (tertiary/aromatic N) is 3. The Morgan fingerprint density at radius 1 is 1.16 bits per heavy atom. The summed E-state index contributed by atoms with van der Waals surface area (Å²) in [6.45, 7) is 6.57. The van der Waals surface area contributed by atoms with Crippen LogP contribution in [0, 0.1) is 0 Å². The molecule has 2 aromatic heterocycles. The largest absolute Gasteiger partial charge is 0.494 e. The lowest BCUT2D eigenvalue weighted by Gasteiger charge is -2.20. The van der Waals surface area contributed by atoms with Crippen molar-refractivity contribution in [3.63, 3.8) is 0 Å². The van der Waals surface area contributed by atoms with Crippen LogP contribution in [0.25, 0.3) is 16.9 Å². The second kappa shape index (κ2) is 9.68. The standard InChI is InChI=1S/C23H26ClF3N4O/c1-2-12-32-18-6-4-16(5-7-18)21-20(15-30-10-3-8-28-9-11-30)31-14-17(23(25,26)27)13-19(24)22(31)29-21/h4-7,13-14,28H,2-3,8-12,15H2,1H3. The summed E-state index contributed by atoms with van der Waals surface area (Å²) in [7, 11) is 0. The van der Waals surface area contributed by atoms with Gasteiger partial charge < -0.3 is 14.5 Å². The van der Waals surface area contributed by atoms with Crippen LogP contribution >= 0.6 is 11.6 Å². The summed E-state index contributed by atoms with van der Waals surface area (Å²) in [4.78, 5) is 6.90. The Balaban J connectivity index is 1.80. The van der Waals surface area contributed by atoms with Crippen LogP contribution in [-0.4, -0.2) is 47.1 Å². The first-order valence-electron chi connectivity index (χ1n) is 10.8. The van der Waals surface area contributed by atoms with Crippen molar-refractivity contribution in [3.05, 3.63) is 52.8 Å². The summed E-state index contributed by atoms with van der Waals surface area (Å²) < 4.78 is 47.6. The number of fused-ring (bicyclic) bond motifs is 1. The third-order valence-electron chi connectivity index (χ3n) is 5.51. The second-order valence-corrected chi connectivity index (χ2v) is 8.33. The van der Waals surface area contributed by atoms with Crippen molar-refractivity contribution < 1.29 is 17.9 Å². The van der Waals surface area contributed by atoms with Crippen LogP contribution in [0.5, 0.6) is 5.75 Å². The average Bonchev–Trinajstić information content (AvgIpc) is 2.93. The lowest BCUT2D eigenvalue weighted by molar-refractivity contribution is -0.137. The van der Waals surface area contributed by atoms with Gasteiger partial charge in [-0.1, -0.05) is 18.5 Å². The maximum Gasteiger partial charge on any atom is 0.417 e. The third kappa shape index (κ3) is 5.03. The van der Waals surface area contributed by atoms with E-state index in [1.54, 1.807) is 0 Å². The maximum atomic E-state index is 13.5. The van der Waals surface area contributed by atoms with Gasteiger partial charge in [0.2, 0.25) is 0 Å². The molecule has 172 valence electrons. The van der Waals surface area contributed by atoms with E-state index in [2.05, 4.69) is 15.2 Å². The zero-order valence-electron chi connectivity index (χ0n) is 17.9. The summed E-state index contributed by atoms with van der Waals surface area (Å²) in [5.41, 5.74) is 1.66. The Hall–Kier alpha value is -2.29. The van der Waals surface area contributed by atoms with E-state index in [4.69, 9.17) is 16.3 Å². The molecule has 1 aliphatic rings. The number of hydrogen-bond acceptors (Lipinski definition) is 4. The van der Waals surface area contributed by atoms with Crippen molar-refractivity contribution in [2.75, 3.05) is 32.8 Å². The molecule has 0 amide bonds. The molecule has 9 heteroatoms. The molecule has 1 N–H and O–H groups in total. The molecule has 0 atom stereocenters. The molecule has 0 aliphatic carbocycles. The summed E-state index contributed by atoms with van der Waals surface area (Å²) in [6.07, 6.45) is -1.51. The van der Waals surface area contributed by atoms with Crippen molar-refractivity contribution in [3.8, 4) is 17.0 Å². The molecule has 1 fully saturated rings. The molecule has 5 nitrogen and oxygen atoms in total. The summed E-state index contributed by atoms with van der Waals surface area (Å²) in [5, 5.41) is 3.33. The molecule has 3 heterocycles. The third-order valence-corrected chi connectivity index (χ3v) is 5.79. The number of ether oxygens (including phenoxy) is 1. The van der Waals surface area contributed by atoms with Gasteiger partial charge in [0.1, 0.15) is 5.75 Å². The zero-order chi connectivity index (χ0) is 22.7. The molecule has 0 radical (unpaired) electrons. The van der Waals surface area contributed by atoms with Gasteiger partial charge in [-0.15, -0.1) is 0 Å². The smallest absolute Gasteiger partial charge is 0.417 e.